The maximum absolute atomic E-state index is 13.1. The number of anilines is 1. The Kier molecular flexibility index (Phi) is 7.23. The molecule has 0 radical (unpaired) electrons. The Morgan fingerprint density at radius 1 is 1.00 bits per heavy atom. The Morgan fingerprint density at radius 3 is 2.08 bits per heavy atom. The smallest absolute Gasteiger partial charge is 0.389 e. The lowest BCUT2D eigenvalue weighted by atomic mass is 9.92. The first kappa shape index (κ1) is 29.8. The van der Waals surface area contributed by atoms with E-state index in [1.54, 1.807) is 0 Å². The molecule has 4 rings (SSSR count). The van der Waals surface area contributed by atoms with Crippen LogP contribution in [0.25, 0.3) is 0 Å². The van der Waals surface area contributed by atoms with Gasteiger partial charge in [0.1, 0.15) is 12.6 Å². The molecule has 2 aliphatic rings. The van der Waals surface area contributed by atoms with Gasteiger partial charge < -0.3 is 25.5 Å². The third-order valence-corrected chi connectivity index (χ3v) is 8.69. The lowest BCUT2D eigenvalue weighted by Crippen LogP contribution is -2.53. The number of amides is 2. The molecule has 2 aromatic carbocycles. The van der Waals surface area contributed by atoms with Crippen LogP contribution in [0.5, 0.6) is 0 Å². The molecule has 2 amide bonds. The highest BCUT2D eigenvalue weighted by atomic mass is 32.2. The highest BCUT2D eigenvalue weighted by Gasteiger charge is 2.71. The predicted molar refractivity (Wildman–Crippen MR) is 124 cm³/mol. The molecule has 40 heavy (non-hydrogen) atoms. The maximum atomic E-state index is 13.1. The second-order valence-corrected chi connectivity index (χ2v) is 11.7. The van der Waals surface area contributed by atoms with Gasteiger partial charge in [-0.1, -0.05) is 18.2 Å². The average Bonchev–Trinajstić information content (AvgIpc) is 3.43. The summed E-state index contributed by atoms with van der Waals surface area (Å²) in [6.45, 7) is -1.30. The van der Waals surface area contributed by atoms with Crippen LogP contribution in [0, 0.1) is 0 Å². The Hall–Kier alpha value is -3.21. The Morgan fingerprint density at radius 2 is 1.57 bits per heavy atom. The van der Waals surface area contributed by atoms with Gasteiger partial charge in [-0.15, -0.1) is 0 Å². The molecule has 1 fully saturated rings. The van der Waals surface area contributed by atoms with Crippen molar-refractivity contribution < 1.29 is 59.7 Å². The summed E-state index contributed by atoms with van der Waals surface area (Å²) in [5.74, 6) is -2.39. The molecule has 0 spiro atoms. The zero-order valence-electron chi connectivity index (χ0n) is 20.3. The summed E-state index contributed by atoms with van der Waals surface area (Å²) >= 11 is 0. The molecule has 1 aliphatic heterocycles. The van der Waals surface area contributed by atoms with Gasteiger partial charge in [0, 0.05) is 17.8 Å². The van der Waals surface area contributed by atoms with E-state index in [1.807, 2.05) is 0 Å². The van der Waals surface area contributed by atoms with Crippen LogP contribution in [-0.2, 0) is 31.6 Å². The molecule has 1 atom stereocenters. The molecule has 16 heteroatoms. The average molecular weight is 597 g/mol. The first-order chi connectivity index (χ1) is 18.3. The van der Waals surface area contributed by atoms with Gasteiger partial charge >= 0.3 is 12.4 Å². The molecule has 1 heterocycles. The summed E-state index contributed by atoms with van der Waals surface area (Å²) < 4.78 is 104. The quantitative estimate of drug-likeness (QED) is 0.359. The van der Waals surface area contributed by atoms with E-state index in [0.717, 1.165) is 4.90 Å². The minimum atomic E-state index is -6.10. The number of rotatable bonds is 7. The van der Waals surface area contributed by atoms with Gasteiger partial charge in [-0.3, -0.25) is 9.59 Å². The van der Waals surface area contributed by atoms with E-state index in [-0.39, 0.29) is 28.3 Å². The maximum Gasteiger partial charge on any atom is 0.430 e. The number of aliphatic hydroxyl groups is 3. The molecule has 0 aromatic heterocycles. The zero-order chi connectivity index (χ0) is 29.9. The minimum absolute atomic E-state index is 0.165. The van der Waals surface area contributed by atoms with E-state index in [4.69, 9.17) is 0 Å². The van der Waals surface area contributed by atoms with Crippen LogP contribution < -0.4 is 5.32 Å². The lowest BCUT2D eigenvalue weighted by molar-refractivity contribution is -0.376. The van der Waals surface area contributed by atoms with E-state index in [0.29, 0.717) is 37.1 Å². The third-order valence-electron chi connectivity index (χ3n) is 6.80. The van der Waals surface area contributed by atoms with Crippen molar-refractivity contribution in [3.05, 3.63) is 59.2 Å². The van der Waals surface area contributed by atoms with Crippen molar-refractivity contribution in [3.63, 3.8) is 0 Å². The molecule has 4 N–H and O–H groups in total. The van der Waals surface area contributed by atoms with Crippen LogP contribution >= 0.6 is 0 Å². The fraction of sp³-hybridized carbons (Fsp3) is 0.417. The monoisotopic (exact) mass is 596 g/mol. The Labute approximate surface area is 222 Å². The van der Waals surface area contributed by atoms with Crippen LogP contribution in [0.15, 0.2) is 47.4 Å². The van der Waals surface area contributed by atoms with E-state index >= 15 is 0 Å². The van der Waals surface area contributed by atoms with Gasteiger partial charge in [0.2, 0.25) is 5.91 Å². The molecule has 218 valence electrons. The van der Waals surface area contributed by atoms with E-state index < -0.39 is 69.2 Å². The molecule has 0 bridgehead atoms. The molecule has 1 saturated carbocycles. The second-order valence-electron chi connectivity index (χ2n) is 9.70. The molecular formula is C24H22F6N2O7S. The van der Waals surface area contributed by atoms with Crippen molar-refractivity contribution in [2.75, 3.05) is 17.7 Å². The number of alkyl halides is 6. The number of nitrogens with zero attached hydrogens (tertiary/aromatic N) is 1. The number of carbonyl (C=O) groups is 2. The summed E-state index contributed by atoms with van der Waals surface area (Å²) in [4.78, 5) is 26.3. The van der Waals surface area contributed by atoms with Crippen LogP contribution in [0.2, 0.25) is 0 Å². The Balaban J connectivity index is 1.61. The zero-order valence-corrected chi connectivity index (χ0v) is 21.1. The Bertz CT molecular complexity index is 1420. The van der Waals surface area contributed by atoms with Crippen LogP contribution in [0.4, 0.5) is 32.0 Å². The largest absolute Gasteiger partial charge is 0.430 e. The first-order valence-corrected chi connectivity index (χ1v) is 13.2. The number of benzene rings is 2. The summed E-state index contributed by atoms with van der Waals surface area (Å²) in [5.41, 5.74) is -7.89. The van der Waals surface area contributed by atoms with Crippen molar-refractivity contribution in [2.45, 2.75) is 53.9 Å². The summed E-state index contributed by atoms with van der Waals surface area (Å²) in [6.07, 6.45) is -11.6. The molecule has 1 unspecified atom stereocenters. The summed E-state index contributed by atoms with van der Waals surface area (Å²) in [7, 11) is -3.93. The van der Waals surface area contributed by atoms with Crippen molar-refractivity contribution in [1.29, 1.82) is 0 Å². The standard InChI is InChI=1S/C24H22F6N2O7S/c25-23(26,27)22(37,24(28,29)30)14-1-3-15(4-2-14)31-20(35)19-17-6-5-16(40(38,39)12-21(36)7-8-21)9-13(17)10-32(19)18(34)11-33/h1-6,9,19,33,36-37H,7-8,10-12H2,(H,31,35). The van der Waals surface area contributed by atoms with Crippen molar-refractivity contribution >= 4 is 27.3 Å². The molecule has 2 aromatic rings. The van der Waals surface area contributed by atoms with Crippen molar-refractivity contribution in [3.8, 4) is 0 Å². The van der Waals surface area contributed by atoms with E-state index in [9.17, 15) is 59.7 Å². The SMILES string of the molecule is O=C(Nc1ccc(C(O)(C(F)(F)F)C(F)(F)F)cc1)C1c2ccc(S(=O)(=O)CC3(O)CC3)cc2CN1C(=O)CO. The van der Waals surface area contributed by atoms with Gasteiger partial charge in [-0.2, -0.15) is 26.3 Å². The number of hydrogen-bond acceptors (Lipinski definition) is 7. The van der Waals surface area contributed by atoms with Crippen molar-refractivity contribution in [1.82, 2.24) is 4.90 Å². The first-order valence-electron chi connectivity index (χ1n) is 11.6. The molecular weight excluding hydrogens is 574 g/mol. The predicted octanol–water partition coefficient (Wildman–Crippen LogP) is 2.31. The summed E-state index contributed by atoms with van der Waals surface area (Å²) in [5, 5.41) is 31.2. The topological polar surface area (TPSA) is 144 Å². The fourth-order valence-electron chi connectivity index (χ4n) is 4.45. The highest BCUT2D eigenvalue weighted by molar-refractivity contribution is 7.91. The molecule has 0 saturated heterocycles. The number of halogens is 6. The normalized spacial score (nSPS) is 18.8. The van der Waals surface area contributed by atoms with Gasteiger partial charge in [0.05, 0.1) is 16.2 Å². The molecule has 9 nitrogen and oxygen atoms in total. The van der Waals surface area contributed by atoms with Crippen molar-refractivity contribution in [2.24, 2.45) is 0 Å². The highest BCUT2D eigenvalue weighted by Crippen LogP contribution is 2.50. The van der Waals surface area contributed by atoms with Crippen LogP contribution in [-0.4, -0.2) is 70.8 Å². The lowest BCUT2D eigenvalue weighted by Gasteiger charge is -2.32. The van der Waals surface area contributed by atoms with Gasteiger partial charge in [0.15, 0.2) is 9.84 Å². The minimum Gasteiger partial charge on any atom is -0.389 e. The summed E-state index contributed by atoms with van der Waals surface area (Å²) in [6, 6.07) is 4.30. The number of carbonyl (C=O) groups excluding carboxylic acids is 2. The van der Waals surface area contributed by atoms with Gasteiger partial charge in [-0.05, 0) is 48.2 Å². The fourth-order valence-corrected chi connectivity index (χ4v) is 6.21. The van der Waals surface area contributed by atoms with E-state index in [2.05, 4.69) is 5.32 Å². The molecule has 1 aliphatic carbocycles. The number of nitrogens with one attached hydrogen (secondary N) is 1. The van der Waals surface area contributed by atoms with Crippen LogP contribution in [0.3, 0.4) is 0 Å². The van der Waals surface area contributed by atoms with Gasteiger partial charge in [-0.25, -0.2) is 8.42 Å². The van der Waals surface area contributed by atoms with E-state index in [1.165, 1.54) is 18.2 Å². The van der Waals surface area contributed by atoms with Gasteiger partial charge in [0.25, 0.3) is 11.5 Å². The number of sulfone groups is 1. The number of hydrogen-bond donors (Lipinski definition) is 4. The second kappa shape index (κ2) is 9.71. The van der Waals surface area contributed by atoms with Crippen LogP contribution in [0.1, 0.15) is 35.6 Å². The number of fused-ring (bicyclic) bond motifs is 1. The third kappa shape index (κ3) is 5.27. The number of aliphatic hydroxyl groups excluding tert-OH is 1.